The van der Waals surface area contributed by atoms with Gasteiger partial charge in [0.1, 0.15) is 16.4 Å². The van der Waals surface area contributed by atoms with Crippen molar-refractivity contribution in [2.45, 2.75) is 77.4 Å². The lowest BCUT2D eigenvalue weighted by molar-refractivity contribution is 0.416. The Morgan fingerprint density at radius 3 is 2.48 bits per heavy atom. The number of hydrogen-bond acceptors (Lipinski definition) is 4. The van der Waals surface area contributed by atoms with Crippen molar-refractivity contribution >= 4 is 10.0 Å². The number of sulfonamides is 1. The summed E-state index contributed by atoms with van der Waals surface area (Å²) in [6.07, 6.45) is 1.70. The molecule has 0 radical (unpaired) electrons. The smallest absolute Gasteiger partial charge is 0.244 e. The lowest BCUT2D eigenvalue weighted by atomic mass is 10.0. The zero-order chi connectivity index (χ0) is 16.3. The van der Waals surface area contributed by atoms with Crippen molar-refractivity contribution in [1.82, 2.24) is 10.0 Å². The molecule has 0 bridgehead atoms. The van der Waals surface area contributed by atoms with Crippen LogP contribution < -0.4 is 10.0 Å². The molecule has 1 aromatic rings. The molecular formula is C15H28N2O3S. The van der Waals surface area contributed by atoms with Crippen LogP contribution in [0.3, 0.4) is 0 Å². The molecule has 5 nitrogen and oxygen atoms in total. The van der Waals surface area contributed by atoms with E-state index in [4.69, 9.17) is 4.42 Å². The van der Waals surface area contributed by atoms with Gasteiger partial charge >= 0.3 is 0 Å². The largest absolute Gasteiger partial charge is 0.464 e. The summed E-state index contributed by atoms with van der Waals surface area (Å²) in [5.74, 6) is 1.06. The zero-order valence-electron chi connectivity index (χ0n) is 13.9. The summed E-state index contributed by atoms with van der Waals surface area (Å²) < 4.78 is 33.3. The molecule has 0 unspecified atom stereocenters. The molecular weight excluding hydrogens is 288 g/mol. The number of furan rings is 1. The van der Waals surface area contributed by atoms with E-state index in [0.29, 0.717) is 24.1 Å². The summed E-state index contributed by atoms with van der Waals surface area (Å²) in [5.41, 5.74) is -0.465. The Balaban J connectivity index is 2.93. The molecule has 0 saturated heterocycles. The summed E-state index contributed by atoms with van der Waals surface area (Å²) >= 11 is 0. The van der Waals surface area contributed by atoms with Gasteiger partial charge in [0.25, 0.3) is 0 Å². The van der Waals surface area contributed by atoms with E-state index in [1.807, 2.05) is 34.6 Å². The monoisotopic (exact) mass is 316 g/mol. The molecule has 6 heteroatoms. The van der Waals surface area contributed by atoms with Crippen molar-refractivity contribution in [3.05, 3.63) is 17.6 Å². The van der Waals surface area contributed by atoms with Crippen molar-refractivity contribution in [2.75, 3.05) is 0 Å². The lowest BCUT2D eigenvalue weighted by Gasteiger charge is -2.25. The maximum Gasteiger partial charge on any atom is 0.244 e. The third-order valence-corrected chi connectivity index (χ3v) is 4.99. The van der Waals surface area contributed by atoms with Crippen LogP contribution in [0, 0.1) is 6.92 Å². The van der Waals surface area contributed by atoms with Crippen molar-refractivity contribution in [3.63, 3.8) is 0 Å². The van der Waals surface area contributed by atoms with Gasteiger partial charge in [-0.2, -0.15) is 0 Å². The van der Waals surface area contributed by atoms with Crippen molar-refractivity contribution in [1.29, 1.82) is 0 Å². The van der Waals surface area contributed by atoms with Crippen molar-refractivity contribution in [2.24, 2.45) is 0 Å². The highest BCUT2D eigenvalue weighted by molar-refractivity contribution is 7.89. The lowest BCUT2D eigenvalue weighted by Crippen LogP contribution is -2.43. The average molecular weight is 316 g/mol. The van der Waals surface area contributed by atoms with Crippen LogP contribution in [-0.4, -0.2) is 20.0 Å². The average Bonchev–Trinajstić information content (AvgIpc) is 2.67. The summed E-state index contributed by atoms with van der Waals surface area (Å²) in [6, 6.07) is 1.92. The van der Waals surface area contributed by atoms with E-state index in [1.54, 1.807) is 13.0 Å². The molecule has 0 amide bonds. The Kier molecular flexibility index (Phi) is 6.01. The highest BCUT2D eigenvalue weighted by Gasteiger charge is 2.28. The minimum atomic E-state index is -3.56. The van der Waals surface area contributed by atoms with Crippen LogP contribution in [0.4, 0.5) is 0 Å². The summed E-state index contributed by atoms with van der Waals surface area (Å²) in [7, 11) is -3.56. The van der Waals surface area contributed by atoms with Gasteiger partial charge in [0.15, 0.2) is 0 Å². The summed E-state index contributed by atoms with van der Waals surface area (Å²) in [6.45, 7) is 12.1. The fourth-order valence-corrected chi connectivity index (χ4v) is 3.92. The maximum absolute atomic E-state index is 12.5. The van der Waals surface area contributed by atoms with Gasteiger partial charge in [0.2, 0.25) is 10.0 Å². The Bertz CT molecular complexity index is 559. The predicted octanol–water partition coefficient (Wildman–Crippen LogP) is 2.94. The molecule has 0 aromatic carbocycles. The van der Waals surface area contributed by atoms with Gasteiger partial charge in [-0.15, -0.1) is 0 Å². The highest BCUT2D eigenvalue weighted by Crippen LogP contribution is 2.23. The first-order valence-corrected chi connectivity index (χ1v) is 8.92. The minimum absolute atomic E-state index is 0.229. The standard InChI is InChI=1S/C15H28N2O3S/c1-7-8-15(5,6)17-21(18,19)14-9-13(20-12(14)4)10-16-11(2)3/h9,11,16-17H,7-8,10H2,1-6H3. The van der Waals surface area contributed by atoms with Crippen LogP contribution in [-0.2, 0) is 16.6 Å². The van der Waals surface area contributed by atoms with Gasteiger partial charge in [-0.3, -0.25) is 0 Å². The summed E-state index contributed by atoms with van der Waals surface area (Å²) in [5, 5.41) is 3.21. The van der Waals surface area contributed by atoms with E-state index in [0.717, 1.165) is 12.8 Å². The molecule has 0 aliphatic heterocycles. The molecule has 1 rings (SSSR count). The van der Waals surface area contributed by atoms with Crippen LogP contribution in [0.2, 0.25) is 0 Å². The first kappa shape index (κ1) is 18.2. The Labute approximate surface area is 128 Å². The fourth-order valence-electron chi connectivity index (χ4n) is 2.28. The number of aryl methyl sites for hydroxylation is 1. The van der Waals surface area contributed by atoms with Crippen LogP contribution >= 0.6 is 0 Å². The van der Waals surface area contributed by atoms with Crippen molar-refractivity contribution in [3.8, 4) is 0 Å². The second-order valence-corrected chi connectivity index (χ2v) is 8.06. The first-order valence-electron chi connectivity index (χ1n) is 7.44. The van der Waals surface area contributed by atoms with Gasteiger partial charge in [0.05, 0.1) is 6.54 Å². The minimum Gasteiger partial charge on any atom is -0.464 e. The zero-order valence-corrected chi connectivity index (χ0v) is 14.7. The van der Waals surface area contributed by atoms with Crippen LogP contribution in [0.15, 0.2) is 15.4 Å². The Hall–Kier alpha value is -0.850. The van der Waals surface area contributed by atoms with Crippen LogP contribution in [0.1, 0.15) is 59.0 Å². The third kappa shape index (κ3) is 5.45. The molecule has 0 spiro atoms. The molecule has 0 aliphatic carbocycles. The van der Waals surface area contributed by atoms with Crippen LogP contribution in [0.5, 0.6) is 0 Å². The van der Waals surface area contributed by atoms with Gasteiger partial charge in [-0.25, -0.2) is 13.1 Å². The van der Waals surface area contributed by atoms with Gasteiger partial charge in [-0.1, -0.05) is 27.2 Å². The van der Waals surface area contributed by atoms with E-state index < -0.39 is 15.6 Å². The second-order valence-electron chi connectivity index (χ2n) is 6.41. The number of hydrogen-bond donors (Lipinski definition) is 2. The predicted molar refractivity (Wildman–Crippen MR) is 84.7 cm³/mol. The molecule has 2 N–H and O–H groups in total. The number of rotatable bonds is 8. The Morgan fingerprint density at radius 2 is 1.95 bits per heavy atom. The molecule has 122 valence electrons. The molecule has 0 fully saturated rings. The van der Waals surface area contributed by atoms with E-state index >= 15 is 0 Å². The molecule has 0 aliphatic rings. The first-order chi connectivity index (χ1) is 9.57. The quantitative estimate of drug-likeness (QED) is 0.773. The number of nitrogens with one attached hydrogen (secondary N) is 2. The molecule has 0 saturated carbocycles. The van der Waals surface area contributed by atoms with Gasteiger partial charge in [-0.05, 0) is 27.2 Å². The second kappa shape index (κ2) is 6.94. The normalized spacial score (nSPS) is 13.1. The van der Waals surface area contributed by atoms with E-state index in [9.17, 15) is 8.42 Å². The molecule has 21 heavy (non-hydrogen) atoms. The summed E-state index contributed by atoms with van der Waals surface area (Å²) in [4.78, 5) is 0.229. The van der Waals surface area contributed by atoms with Gasteiger partial charge < -0.3 is 9.73 Å². The van der Waals surface area contributed by atoms with E-state index in [2.05, 4.69) is 10.0 Å². The van der Waals surface area contributed by atoms with Crippen LogP contribution in [0.25, 0.3) is 0 Å². The molecule has 0 atom stereocenters. The topological polar surface area (TPSA) is 71.3 Å². The third-order valence-electron chi connectivity index (χ3n) is 3.18. The van der Waals surface area contributed by atoms with Gasteiger partial charge in [0, 0.05) is 17.6 Å². The molecule has 1 aromatic heterocycles. The maximum atomic E-state index is 12.5. The molecule has 1 heterocycles. The van der Waals surface area contributed by atoms with Crippen molar-refractivity contribution < 1.29 is 12.8 Å². The SMILES string of the molecule is CCCC(C)(C)NS(=O)(=O)c1cc(CNC(C)C)oc1C. The highest BCUT2D eigenvalue weighted by atomic mass is 32.2. The Morgan fingerprint density at radius 1 is 1.33 bits per heavy atom. The van der Waals surface area contributed by atoms with E-state index in [1.165, 1.54) is 0 Å². The fraction of sp³-hybridized carbons (Fsp3) is 0.733. The van der Waals surface area contributed by atoms with E-state index in [-0.39, 0.29) is 4.90 Å².